The Morgan fingerprint density at radius 1 is 0.738 bits per heavy atom. The second kappa shape index (κ2) is 17.5. The van der Waals surface area contributed by atoms with E-state index in [-0.39, 0.29) is 5.78 Å². The molecule has 226 valence electrons. The molecule has 1 aromatic heterocycles. The van der Waals surface area contributed by atoms with Crippen LogP contribution in [0.25, 0.3) is 11.3 Å². The van der Waals surface area contributed by atoms with Gasteiger partial charge in [-0.25, -0.2) is 0 Å². The van der Waals surface area contributed by atoms with Gasteiger partial charge in [0.05, 0.1) is 6.26 Å². The molecular formula is C40H54O2. The molecule has 0 aliphatic rings. The molecule has 0 saturated heterocycles. The molecule has 0 bridgehead atoms. The molecule has 4 aromatic rings. The first-order valence-corrected chi connectivity index (χ1v) is 15.7. The smallest absolute Gasteiger partial charge is 0.160 e. The van der Waals surface area contributed by atoms with E-state index in [4.69, 9.17) is 4.42 Å². The molecule has 0 radical (unpaired) electrons. The monoisotopic (exact) mass is 566 g/mol. The first-order valence-electron chi connectivity index (χ1n) is 15.7. The Kier molecular flexibility index (Phi) is 14.5. The minimum absolute atomic E-state index is 0.0958. The molecule has 3 aromatic carbocycles. The molecular weight excluding hydrogens is 512 g/mol. The number of rotatable bonds is 10. The predicted molar refractivity (Wildman–Crippen MR) is 182 cm³/mol. The topological polar surface area (TPSA) is 30.2 Å². The quantitative estimate of drug-likeness (QED) is 0.141. The highest BCUT2D eigenvalue weighted by atomic mass is 16.3. The Morgan fingerprint density at radius 2 is 1.43 bits per heavy atom. The molecule has 0 fully saturated rings. The van der Waals surface area contributed by atoms with E-state index < -0.39 is 0 Å². The van der Waals surface area contributed by atoms with Gasteiger partial charge in [0.25, 0.3) is 0 Å². The van der Waals surface area contributed by atoms with E-state index in [1.165, 1.54) is 66.3 Å². The van der Waals surface area contributed by atoms with Crippen molar-refractivity contribution in [2.45, 2.75) is 107 Å². The van der Waals surface area contributed by atoms with Gasteiger partial charge in [-0.2, -0.15) is 0 Å². The minimum Gasteiger partial charge on any atom is -0.464 e. The third kappa shape index (κ3) is 12.2. The number of Topliss-reactive ketones (excluding diaryl/α,β-unsaturated/α-hetero) is 1. The van der Waals surface area contributed by atoms with Crippen molar-refractivity contribution in [3.05, 3.63) is 118 Å². The molecule has 2 nitrogen and oxygen atoms in total. The van der Waals surface area contributed by atoms with Crippen LogP contribution in [0.1, 0.15) is 110 Å². The van der Waals surface area contributed by atoms with Gasteiger partial charge in [-0.15, -0.1) is 0 Å². The molecule has 4 rings (SSSR count). The fraction of sp³-hybridized carbons (Fsp3) is 0.425. The third-order valence-electron chi connectivity index (χ3n) is 8.01. The second-order valence-corrected chi connectivity index (χ2v) is 12.4. The predicted octanol–water partition coefficient (Wildman–Crippen LogP) is 11.9. The molecule has 0 amide bonds. The van der Waals surface area contributed by atoms with Gasteiger partial charge in [-0.1, -0.05) is 101 Å². The highest BCUT2D eigenvalue weighted by Gasteiger charge is 2.15. The zero-order valence-electron chi connectivity index (χ0n) is 27.8. The molecule has 0 saturated carbocycles. The van der Waals surface area contributed by atoms with Gasteiger partial charge in [0, 0.05) is 11.1 Å². The summed E-state index contributed by atoms with van der Waals surface area (Å²) in [4.78, 5) is 11.2. The van der Waals surface area contributed by atoms with Crippen LogP contribution in [0.4, 0.5) is 0 Å². The summed E-state index contributed by atoms with van der Waals surface area (Å²) in [6.07, 6.45) is 10.7. The van der Waals surface area contributed by atoms with E-state index in [2.05, 4.69) is 90.9 Å². The van der Waals surface area contributed by atoms with Crippen molar-refractivity contribution in [1.82, 2.24) is 0 Å². The molecule has 0 aliphatic heterocycles. The number of hydrogen-bond donors (Lipinski definition) is 0. The van der Waals surface area contributed by atoms with Crippen molar-refractivity contribution >= 4 is 5.78 Å². The zero-order valence-corrected chi connectivity index (χ0v) is 27.8. The lowest BCUT2D eigenvalue weighted by Crippen LogP contribution is -2.10. The van der Waals surface area contributed by atoms with E-state index >= 15 is 0 Å². The lowest BCUT2D eigenvalue weighted by atomic mass is 9.82. The van der Waals surface area contributed by atoms with Gasteiger partial charge in [0.2, 0.25) is 0 Å². The molecule has 2 heteroatoms. The van der Waals surface area contributed by atoms with Gasteiger partial charge in [-0.3, -0.25) is 4.79 Å². The molecule has 0 aliphatic carbocycles. The first kappa shape index (κ1) is 34.8. The van der Waals surface area contributed by atoms with Crippen LogP contribution in [0, 0.1) is 33.1 Å². The number of furan rings is 1. The van der Waals surface area contributed by atoms with Crippen molar-refractivity contribution < 1.29 is 9.21 Å². The normalized spacial score (nSPS) is 10.8. The molecule has 1 heterocycles. The summed E-state index contributed by atoms with van der Waals surface area (Å²) in [7, 11) is 0. The fourth-order valence-corrected chi connectivity index (χ4v) is 5.17. The summed E-state index contributed by atoms with van der Waals surface area (Å²) in [5.41, 5.74) is 10.4. The van der Waals surface area contributed by atoms with Crippen LogP contribution >= 0.6 is 0 Å². The van der Waals surface area contributed by atoms with Gasteiger partial charge in [0.15, 0.2) is 5.78 Å². The number of benzene rings is 3. The van der Waals surface area contributed by atoms with Gasteiger partial charge in [-0.05, 0) is 118 Å². The number of carbonyl (C=O) groups is 1. The van der Waals surface area contributed by atoms with Gasteiger partial charge >= 0.3 is 0 Å². The maximum absolute atomic E-state index is 11.2. The molecule has 0 spiro atoms. The number of aryl methyl sites for hydroxylation is 6. The number of ketones is 1. The number of carbonyl (C=O) groups excluding carboxylic acids is 1. The molecule has 42 heavy (non-hydrogen) atoms. The fourth-order valence-electron chi connectivity index (χ4n) is 5.17. The Labute approximate surface area is 256 Å². The Bertz CT molecular complexity index is 1340. The summed E-state index contributed by atoms with van der Waals surface area (Å²) >= 11 is 0. The zero-order chi connectivity index (χ0) is 31.1. The van der Waals surface area contributed by atoms with E-state index in [0.29, 0.717) is 5.41 Å². The van der Waals surface area contributed by atoms with Crippen molar-refractivity contribution in [2.24, 2.45) is 5.41 Å². The lowest BCUT2D eigenvalue weighted by molar-refractivity contribution is 0.101. The van der Waals surface area contributed by atoms with E-state index in [9.17, 15) is 4.79 Å². The second-order valence-electron chi connectivity index (χ2n) is 12.4. The summed E-state index contributed by atoms with van der Waals surface area (Å²) in [5, 5.41) is 0. The number of hydrogen-bond acceptors (Lipinski definition) is 2. The summed E-state index contributed by atoms with van der Waals surface area (Å²) in [5.74, 6) is 0.923. The number of unbranched alkanes of at least 4 members (excludes halogenated alkanes) is 1. The van der Waals surface area contributed by atoms with Crippen LogP contribution in [-0.2, 0) is 12.8 Å². The van der Waals surface area contributed by atoms with Gasteiger partial charge in [0.1, 0.15) is 5.76 Å². The Balaban J connectivity index is 0.000000232. The van der Waals surface area contributed by atoms with Crippen molar-refractivity contribution in [3.63, 3.8) is 0 Å². The van der Waals surface area contributed by atoms with Crippen molar-refractivity contribution in [1.29, 1.82) is 0 Å². The van der Waals surface area contributed by atoms with Gasteiger partial charge < -0.3 is 4.42 Å². The summed E-state index contributed by atoms with van der Waals surface area (Å²) in [6.45, 7) is 19.3. The molecule has 0 unspecified atom stereocenters. The maximum atomic E-state index is 11.2. The SMILES string of the molecule is CC(=O)c1ccc(-c2ccco2)cc1C.CCCC(C)(C)CCCCc1ccc(C)c(C)c1.CCc1ccc(C)cc1. The summed E-state index contributed by atoms with van der Waals surface area (Å²) in [6, 6.07) is 25.0. The Morgan fingerprint density at radius 3 is 1.98 bits per heavy atom. The Hall–Kier alpha value is -3.39. The van der Waals surface area contributed by atoms with Crippen LogP contribution in [0.15, 0.2) is 83.5 Å². The highest BCUT2D eigenvalue weighted by molar-refractivity contribution is 5.96. The standard InChI is InChI=1S/C18H30.C13H12O2.C9H12/c1-6-12-18(4,5)13-8-7-9-17-11-10-15(2)16(3)14-17;1-9-8-11(13-4-3-7-15-13)5-6-12(9)10(2)14;1-3-9-6-4-8(2)5-7-9/h10-11,14H,6-9,12-13H2,1-5H3;3-8H,1-2H3;4-7H,3H2,1-2H3. The minimum atomic E-state index is 0.0958. The first-order chi connectivity index (χ1) is 20.0. The average Bonchev–Trinajstić information content (AvgIpc) is 3.49. The lowest BCUT2D eigenvalue weighted by Gasteiger charge is -2.23. The van der Waals surface area contributed by atoms with Crippen molar-refractivity contribution in [2.75, 3.05) is 0 Å². The molecule has 0 atom stereocenters. The van der Waals surface area contributed by atoms with Crippen molar-refractivity contribution in [3.8, 4) is 11.3 Å². The largest absolute Gasteiger partial charge is 0.464 e. The third-order valence-corrected chi connectivity index (χ3v) is 8.01. The van der Waals surface area contributed by atoms with Crippen LogP contribution in [0.2, 0.25) is 0 Å². The van der Waals surface area contributed by atoms with E-state index in [1.54, 1.807) is 13.2 Å². The van der Waals surface area contributed by atoms with E-state index in [0.717, 1.165) is 28.9 Å². The van der Waals surface area contributed by atoms with Crippen LogP contribution in [0.3, 0.4) is 0 Å². The van der Waals surface area contributed by atoms with Crippen LogP contribution in [0.5, 0.6) is 0 Å². The van der Waals surface area contributed by atoms with E-state index in [1.807, 2.05) is 37.3 Å². The molecule has 0 N–H and O–H groups in total. The maximum Gasteiger partial charge on any atom is 0.160 e. The highest BCUT2D eigenvalue weighted by Crippen LogP contribution is 2.29. The van der Waals surface area contributed by atoms with Crippen LogP contribution in [-0.4, -0.2) is 5.78 Å². The average molecular weight is 567 g/mol. The summed E-state index contributed by atoms with van der Waals surface area (Å²) < 4.78 is 5.29. The van der Waals surface area contributed by atoms with Crippen LogP contribution < -0.4 is 0 Å².